The van der Waals surface area contributed by atoms with Crippen molar-refractivity contribution in [2.24, 2.45) is 0 Å². The van der Waals surface area contributed by atoms with Crippen LogP contribution in [0, 0.1) is 0 Å². The highest BCUT2D eigenvalue weighted by Gasteiger charge is 2.49. The molecule has 0 aliphatic carbocycles. The monoisotopic (exact) mass is 494 g/mol. The van der Waals surface area contributed by atoms with Gasteiger partial charge in [0.25, 0.3) is 5.91 Å². The minimum Gasteiger partial charge on any atom is -0.304 e. The summed E-state index contributed by atoms with van der Waals surface area (Å²) in [6, 6.07) is 18.7. The summed E-state index contributed by atoms with van der Waals surface area (Å²) < 4.78 is 0. The molecule has 0 radical (unpaired) electrons. The number of hydrogen-bond acceptors (Lipinski definition) is 5. The number of carbonyl (C=O) groups is 3. The van der Waals surface area contributed by atoms with Crippen LogP contribution in [-0.4, -0.2) is 74.0 Å². The van der Waals surface area contributed by atoms with Crippen molar-refractivity contribution in [2.45, 2.75) is 31.2 Å². The van der Waals surface area contributed by atoms with E-state index in [4.69, 9.17) is 0 Å². The summed E-state index contributed by atoms with van der Waals surface area (Å²) in [7, 11) is 3.93. The van der Waals surface area contributed by atoms with E-state index in [1.807, 2.05) is 18.2 Å². The van der Waals surface area contributed by atoms with Crippen LogP contribution in [0.5, 0.6) is 0 Å². The third-order valence-corrected chi connectivity index (χ3v) is 8.28. The molecule has 3 aliphatic heterocycles. The minimum absolute atomic E-state index is 0.182. The molecule has 3 aliphatic rings. The predicted molar refractivity (Wildman–Crippen MR) is 146 cm³/mol. The largest absolute Gasteiger partial charge is 0.304 e. The van der Waals surface area contributed by atoms with Crippen molar-refractivity contribution in [2.75, 3.05) is 38.1 Å². The van der Waals surface area contributed by atoms with Gasteiger partial charge in [-0.05, 0) is 54.1 Å². The number of hydrogen-bond donors (Lipinski definition) is 1. The summed E-state index contributed by atoms with van der Waals surface area (Å²) in [4.78, 5) is 44.7. The molecule has 1 unspecified atom stereocenters. The molecule has 1 N–H and O–H groups in total. The second-order valence-electron chi connectivity index (χ2n) is 10.8. The zero-order valence-corrected chi connectivity index (χ0v) is 21.4. The summed E-state index contributed by atoms with van der Waals surface area (Å²) in [5.41, 5.74) is 3.96. The molecule has 0 aromatic heterocycles. The molecule has 3 aromatic carbocycles. The minimum atomic E-state index is -1.10. The van der Waals surface area contributed by atoms with Gasteiger partial charge < -0.3 is 9.80 Å². The number of piperazine rings is 1. The molecule has 2 fully saturated rings. The zero-order valence-electron chi connectivity index (χ0n) is 21.4. The molecular formula is C29H31BN4O3. The molecule has 0 bridgehead atoms. The third-order valence-electron chi connectivity index (χ3n) is 8.28. The van der Waals surface area contributed by atoms with E-state index in [1.54, 1.807) is 12.7 Å². The van der Waals surface area contributed by atoms with E-state index in [-0.39, 0.29) is 18.2 Å². The first kappa shape index (κ1) is 23.9. The Kier molecular flexibility index (Phi) is 5.89. The van der Waals surface area contributed by atoms with E-state index >= 15 is 0 Å². The summed E-state index contributed by atoms with van der Waals surface area (Å²) in [5, 5.41) is 4.35. The molecule has 37 heavy (non-hydrogen) atoms. The second kappa shape index (κ2) is 9.12. The average molecular weight is 494 g/mol. The van der Waals surface area contributed by atoms with Gasteiger partial charge in [-0.15, -0.1) is 0 Å². The van der Waals surface area contributed by atoms with Gasteiger partial charge in [0.1, 0.15) is 7.85 Å². The fourth-order valence-electron chi connectivity index (χ4n) is 5.94. The molecule has 3 heterocycles. The Bertz CT molecular complexity index is 1410. The van der Waals surface area contributed by atoms with Crippen molar-refractivity contribution in [3.63, 3.8) is 0 Å². The van der Waals surface area contributed by atoms with E-state index in [1.165, 1.54) is 11.1 Å². The van der Waals surface area contributed by atoms with Crippen molar-refractivity contribution in [3.8, 4) is 0 Å². The van der Waals surface area contributed by atoms with Crippen molar-refractivity contribution < 1.29 is 14.4 Å². The first-order chi connectivity index (χ1) is 17.8. The standard InChI is InChI=1S/C29H31BN4O3/c1-32-13-15-33(16-14-32)18-20-7-5-19(6-8-20)17-21-9-10-24-26-22(21)3-2-4-23(26)27(36)34(24)29(30)12-11-25(35)31-28(29)37/h2-10H,11-18,30H2,1H3,(H,31,35,37). The average Bonchev–Trinajstić information content (AvgIpc) is 3.19. The van der Waals surface area contributed by atoms with Crippen LogP contribution in [0.4, 0.5) is 5.69 Å². The molecule has 2 saturated heterocycles. The number of benzene rings is 3. The fraction of sp³-hybridized carbons (Fsp3) is 0.345. The number of imide groups is 1. The van der Waals surface area contributed by atoms with Gasteiger partial charge in [-0.1, -0.05) is 42.5 Å². The lowest BCUT2D eigenvalue weighted by Crippen LogP contribution is -2.64. The lowest BCUT2D eigenvalue weighted by molar-refractivity contribution is -0.135. The second-order valence-corrected chi connectivity index (χ2v) is 10.8. The van der Waals surface area contributed by atoms with Crippen LogP contribution < -0.4 is 10.2 Å². The molecule has 0 spiro atoms. The maximum atomic E-state index is 13.6. The first-order valence-corrected chi connectivity index (χ1v) is 13.1. The Hall–Kier alpha value is -3.49. The van der Waals surface area contributed by atoms with Crippen LogP contribution in [-0.2, 0) is 22.6 Å². The molecule has 1 atom stereocenters. The maximum absolute atomic E-state index is 13.6. The number of amides is 3. The third kappa shape index (κ3) is 4.14. The summed E-state index contributed by atoms with van der Waals surface area (Å²) >= 11 is 0. The summed E-state index contributed by atoms with van der Waals surface area (Å²) in [6.45, 7) is 5.42. The van der Waals surface area contributed by atoms with Crippen LogP contribution >= 0.6 is 0 Å². The van der Waals surface area contributed by atoms with Crippen molar-refractivity contribution in [1.29, 1.82) is 0 Å². The van der Waals surface area contributed by atoms with Crippen LogP contribution in [0.25, 0.3) is 10.8 Å². The van der Waals surface area contributed by atoms with E-state index in [2.05, 4.69) is 58.6 Å². The Balaban J connectivity index is 1.27. The zero-order chi connectivity index (χ0) is 25.7. The molecule has 8 heteroatoms. The molecule has 3 aromatic rings. The number of nitrogens with one attached hydrogen (secondary N) is 1. The van der Waals surface area contributed by atoms with Crippen molar-refractivity contribution >= 4 is 42.0 Å². The molecule has 7 nitrogen and oxygen atoms in total. The lowest BCUT2D eigenvalue weighted by Gasteiger charge is -2.40. The van der Waals surface area contributed by atoms with Gasteiger partial charge in [0.2, 0.25) is 11.8 Å². The van der Waals surface area contributed by atoms with Crippen LogP contribution in [0.1, 0.15) is 39.9 Å². The van der Waals surface area contributed by atoms with E-state index < -0.39 is 11.3 Å². The number of likely N-dealkylation sites (N-methyl/N-ethyl adjacent to an activating group) is 1. The highest BCUT2D eigenvalue weighted by Crippen LogP contribution is 2.43. The lowest BCUT2D eigenvalue weighted by atomic mass is 9.69. The SMILES string of the molecule is BC1(N2C(=O)c3cccc4c(Cc5ccc(CN6CCN(C)CC6)cc5)ccc2c34)CCC(=O)NC1=O. The number of piperidine rings is 1. The van der Waals surface area contributed by atoms with Gasteiger partial charge in [-0.25, -0.2) is 0 Å². The van der Waals surface area contributed by atoms with Crippen molar-refractivity contribution in [3.05, 3.63) is 76.9 Å². The summed E-state index contributed by atoms with van der Waals surface area (Å²) in [5.74, 6) is -0.890. The molecule has 6 rings (SSSR count). The van der Waals surface area contributed by atoms with E-state index in [9.17, 15) is 14.4 Å². The Morgan fingerprint density at radius 3 is 2.38 bits per heavy atom. The first-order valence-electron chi connectivity index (χ1n) is 13.1. The number of rotatable bonds is 5. The van der Waals surface area contributed by atoms with Gasteiger partial charge in [0.15, 0.2) is 0 Å². The van der Waals surface area contributed by atoms with E-state index in [0.29, 0.717) is 12.0 Å². The smallest absolute Gasteiger partial charge is 0.259 e. The predicted octanol–water partition coefficient (Wildman–Crippen LogP) is 1.90. The molecular weight excluding hydrogens is 463 g/mol. The van der Waals surface area contributed by atoms with Gasteiger partial charge in [0.05, 0.1) is 11.1 Å². The van der Waals surface area contributed by atoms with Crippen LogP contribution in [0.15, 0.2) is 54.6 Å². The normalized spacial score (nSPS) is 22.6. The molecule has 0 saturated carbocycles. The number of nitrogens with zero attached hydrogens (tertiary/aromatic N) is 3. The van der Waals surface area contributed by atoms with Gasteiger partial charge in [-0.3, -0.25) is 24.6 Å². The maximum Gasteiger partial charge on any atom is 0.259 e. The summed E-state index contributed by atoms with van der Waals surface area (Å²) in [6.07, 6.45) is 1.28. The molecule has 3 amide bonds. The highest BCUT2D eigenvalue weighted by molar-refractivity contribution is 6.39. The van der Waals surface area contributed by atoms with Crippen LogP contribution in [0.2, 0.25) is 0 Å². The topological polar surface area (TPSA) is 73.0 Å². The number of anilines is 1. The Labute approximate surface area is 217 Å². The van der Waals surface area contributed by atoms with Crippen molar-refractivity contribution in [1.82, 2.24) is 15.1 Å². The highest BCUT2D eigenvalue weighted by atomic mass is 16.2. The van der Waals surface area contributed by atoms with Gasteiger partial charge in [-0.2, -0.15) is 0 Å². The quantitative estimate of drug-likeness (QED) is 0.434. The van der Waals surface area contributed by atoms with Gasteiger partial charge in [0, 0.05) is 50.1 Å². The fourth-order valence-corrected chi connectivity index (χ4v) is 5.94. The Morgan fingerprint density at radius 1 is 0.919 bits per heavy atom. The van der Waals surface area contributed by atoms with Gasteiger partial charge >= 0.3 is 0 Å². The van der Waals surface area contributed by atoms with E-state index in [0.717, 1.165) is 61.2 Å². The van der Waals surface area contributed by atoms with Crippen LogP contribution in [0.3, 0.4) is 0 Å². The molecule has 188 valence electrons. The Morgan fingerprint density at radius 2 is 1.65 bits per heavy atom. The number of carbonyl (C=O) groups excluding carboxylic acids is 3.